The second-order valence-electron chi connectivity index (χ2n) is 6.59. The van der Waals surface area contributed by atoms with Crippen molar-refractivity contribution in [2.75, 3.05) is 26.3 Å². The van der Waals surface area contributed by atoms with E-state index in [1.54, 1.807) is 0 Å². The summed E-state index contributed by atoms with van der Waals surface area (Å²) in [5.74, 6) is -0.0211. The average molecular weight is 338 g/mol. The number of rotatable bonds is 5. The van der Waals surface area contributed by atoms with E-state index in [9.17, 15) is 4.79 Å². The number of ether oxygens (including phenoxy) is 1. The highest BCUT2D eigenvalue weighted by Crippen LogP contribution is 2.19. The van der Waals surface area contributed by atoms with Crippen LogP contribution in [0.1, 0.15) is 24.2 Å². The second-order valence-corrected chi connectivity index (χ2v) is 6.59. The number of carbonyl (C=O) groups is 1. The van der Waals surface area contributed by atoms with E-state index in [0.717, 1.165) is 37.4 Å². The van der Waals surface area contributed by atoms with Gasteiger partial charge in [0.1, 0.15) is 0 Å². The van der Waals surface area contributed by atoms with Gasteiger partial charge in [-0.3, -0.25) is 9.69 Å². The van der Waals surface area contributed by atoms with Crippen molar-refractivity contribution in [1.29, 1.82) is 0 Å². The fourth-order valence-corrected chi connectivity index (χ4v) is 3.16. The SMILES string of the molecule is CC(NC(=O)c1ccc(-c2ccccc2)cc1)C(C)N1CCOCC1. The zero-order valence-corrected chi connectivity index (χ0v) is 14.9. The van der Waals surface area contributed by atoms with Crippen LogP contribution in [0.15, 0.2) is 54.6 Å². The normalized spacial score (nSPS) is 17.7. The third-order valence-corrected chi connectivity index (χ3v) is 4.96. The zero-order chi connectivity index (χ0) is 17.6. The minimum atomic E-state index is -0.0211. The standard InChI is InChI=1S/C21H26N2O2/c1-16(17(2)23-12-14-25-15-13-23)22-21(24)20-10-8-19(9-11-20)18-6-4-3-5-7-18/h3-11,16-17H,12-15H2,1-2H3,(H,22,24). The first-order valence-electron chi connectivity index (χ1n) is 8.93. The number of hydrogen-bond acceptors (Lipinski definition) is 3. The first-order chi connectivity index (χ1) is 12.1. The fraction of sp³-hybridized carbons (Fsp3) is 0.381. The van der Waals surface area contributed by atoms with E-state index in [1.165, 1.54) is 0 Å². The Kier molecular flexibility index (Phi) is 5.84. The molecule has 3 rings (SSSR count). The molecule has 0 bridgehead atoms. The van der Waals surface area contributed by atoms with Crippen molar-refractivity contribution in [1.82, 2.24) is 10.2 Å². The number of hydrogen-bond donors (Lipinski definition) is 1. The van der Waals surface area contributed by atoms with Crippen molar-refractivity contribution < 1.29 is 9.53 Å². The first kappa shape index (κ1) is 17.6. The highest BCUT2D eigenvalue weighted by molar-refractivity contribution is 5.94. The van der Waals surface area contributed by atoms with Gasteiger partial charge in [-0.1, -0.05) is 42.5 Å². The van der Waals surface area contributed by atoms with Crippen LogP contribution < -0.4 is 5.32 Å². The number of morpholine rings is 1. The molecule has 1 fully saturated rings. The molecular weight excluding hydrogens is 312 g/mol. The van der Waals surface area contributed by atoms with E-state index in [0.29, 0.717) is 5.56 Å². The van der Waals surface area contributed by atoms with Crippen LogP contribution in [0.2, 0.25) is 0 Å². The number of nitrogens with zero attached hydrogens (tertiary/aromatic N) is 1. The molecule has 0 aliphatic carbocycles. The summed E-state index contributed by atoms with van der Waals surface area (Å²) in [4.78, 5) is 14.9. The smallest absolute Gasteiger partial charge is 0.251 e. The molecule has 0 saturated carbocycles. The lowest BCUT2D eigenvalue weighted by Crippen LogP contribution is -2.52. The minimum absolute atomic E-state index is 0.0211. The van der Waals surface area contributed by atoms with Crippen LogP contribution in [0, 0.1) is 0 Å². The lowest BCUT2D eigenvalue weighted by Gasteiger charge is -2.35. The van der Waals surface area contributed by atoms with Gasteiger partial charge in [0.15, 0.2) is 0 Å². The molecule has 1 aliphatic heterocycles. The summed E-state index contributed by atoms with van der Waals surface area (Å²) < 4.78 is 5.40. The molecule has 0 radical (unpaired) electrons. The largest absolute Gasteiger partial charge is 0.379 e. The third kappa shape index (κ3) is 4.47. The maximum atomic E-state index is 12.5. The Labute approximate surface area is 149 Å². The van der Waals surface area contributed by atoms with Gasteiger partial charge in [-0.05, 0) is 37.1 Å². The molecule has 2 atom stereocenters. The molecule has 1 saturated heterocycles. The fourth-order valence-electron chi connectivity index (χ4n) is 3.16. The lowest BCUT2D eigenvalue weighted by molar-refractivity contribution is 0.0137. The number of amides is 1. The molecule has 0 aromatic heterocycles. The van der Waals surface area contributed by atoms with E-state index in [2.05, 4.69) is 36.2 Å². The Bertz CT molecular complexity index is 679. The number of nitrogens with one attached hydrogen (secondary N) is 1. The predicted molar refractivity (Wildman–Crippen MR) is 101 cm³/mol. The quantitative estimate of drug-likeness (QED) is 0.910. The van der Waals surface area contributed by atoms with Gasteiger partial charge in [0.2, 0.25) is 0 Å². The monoisotopic (exact) mass is 338 g/mol. The van der Waals surface area contributed by atoms with Gasteiger partial charge in [0.05, 0.1) is 13.2 Å². The average Bonchev–Trinajstić information content (AvgIpc) is 2.68. The molecule has 4 heteroatoms. The van der Waals surface area contributed by atoms with Crippen LogP contribution >= 0.6 is 0 Å². The van der Waals surface area contributed by atoms with E-state index in [4.69, 9.17) is 4.74 Å². The van der Waals surface area contributed by atoms with E-state index >= 15 is 0 Å². The van der Waals surface area contributed by atoms with Crippen molar-refractivity contribution in [3.05, 3.63) is 60.2 Å². The van der Waals surface area contributed by atoms with E-state index in [1.807, 2.05) is 42.5 Å². The molecule has 25 heavy (non-hydrogen) atoms. The Balaban J connectivity index is 1.60. The summed E-state index contributed by atoms with van der Waals surface area (Å²) in [6.07, 6.45) is 0. The minimum Gasteiger partial charge on any atom is -0.379 e. The van der Waals surface area contributed by atoms with Crippen molar-refractivity contribution >= 4 is 5.91 Å². The molecule has 1 N–H and O–H groups in total. The van der Waals surface area contributed by atoms with Gasteiger partial charge in [-0.25, -0.2) is 0 Å². The molecule has 1 amide bonds. The molecular formula is C21H26N2O2. The summed E-state index contributed by atoms with van der Waals surface area (Å²) in [7, 11) is 0. The second kappa shape index (κ2) is 8.28. The van der Waals surface area contributed by atoms with Crippen LogP contribution in [0.25, 0.3) is 11.1 Å². The highest BCUT2D eigenvalue weighted by Gasteiger charge is 2.23. The van der Waals surface area contributed by atoms with Gasteiger partial charge >= 0.3 is 0 Å². The summed E-state index contributed by atoms with van der Waals surface area (Å²) >= 11 is 0. The maximum absolute atomic E-state index is 12.5. The maximum Gasteiger partial charge on any atom is 0.251 e. The van der Waals surface area contributed by atoms with Crippen LogP contribution in [0.3, 0.4) is 0 Å². The molecule has 4 nitrogen and oxygen atoms in total. The summed E-state index contributed by atoms with van der Waals surface area (Å²) in [6, 6.07) is 18.3. The highest BCUT2D eigenvalue weighted by atomic mass is 16.5. The lowest BCUT2D eigenvalue weighted by atomic mass is 10.0. The van der Waals surface area contributed by atoms with Gasteiger partial charge in [0.25, 0.3) is 5.91 Å². The third-order valence-electron chi connectivity index (χ3n) is 4.96. The van der Waals surface area contributed by atoms with Crippen LogP contribution in [-0.4, -0.2) is 49.2 Å². The first-order valence-corrected chi connectivity index (χ1v) is 8.93. The van der Waals surface area contributed by atoms with Crippen molar-refractivity contribution in [2.45, 2.75) is 25.9 Å². The zero-order valence-electron chi connectivity index (χ0n) is 14.9. The Morgan fingerprint density at radius 2 is 1.56 bits per heavy atom. The van der Waals surface area contributed by atoms with Crippen molar-refractivity contribution in [3.8, 4) is 11.1 Å². The topological polar surface area (TPSA) is 41.6 Å². The molecule has 1 heterocycles. The molecule has 2 aromatic carbocycles. The van der Waals surface area contributed by atoms with Gasteiger partial charge in [-0.2, -0.15) is 0 Å². The Morgan fingerprint density at radius 1 is 0.960 bits per heavy atom. The van der Waals surface area contributed by atoms with Crippen molar-refractivity contribution in [2.24, 2.45) is 0 Å². The van der Waals surface area contributed by atoms with Crippen LogP contribution in [-0.2, 0) is 4.74 Å². The number of carbonyl (C=O) groups excluding carboxylic acids is 1. The van der Waals surface area contributed by atoms with E-state index < -0.39 is 0 Å². The molecule has 2 aromatic rings. The van der Waals surface area contributed by atoms with Crippen LogP contribution in [0.5, 0.6) is 0 Å². The summed E-state index contributed by atoms with van der Waals surface area (Å²) in [5, 5.41) is 3.13. The van der Waals surface area contributed by atoms with Crippen LogP contribution in [0.4, 0.5) is 0 Å². The molecule has 2 unspecified atom stereocenters. The summed E-state index contributed by atoms with van der Waals surface area (Å²) in [5.41, 5.74) is 2.97. The van der Waals surface area contributed by atoms with Crippen molar-refractivity contribution in [3.63, 3.8) is 0 Å². The van der Waals surface area contributed by atoms with E-state index in [-0.39, 0.29) is 18.0 Å². The molecule has 132 valence electrons. The van der Waals surface area contributed by atoms with Gasteiger partial charge in [-0.15, -0.1) is 0 Å². The summed E-state index contributed by atoms with van der Waals surface area (Å²) in [6.45, 7) is 7.61. The molecule has 1 aliphatic rings. The predicted octanol–water partition coefficient (Wildman–Crippen LogP) is 3.19. The Hall–Kier alpha value is -2.17. The van der Waals surface area contributed by atoms with Gasteiger partial charge < -0.3 is 10.1 Å². The van der Waals surface area contributed by atoms with Gasteiger partial charge in [0, 0.05) is 30.7 Å². The Morgan fingerprint density at radius 3 is 2.20 bits per heavy atom. The number of benzene rings is 2. The molecule has 0 spiro atoms.